The Hall–Kier alpha value is -5.49. The molecule has 0 aliphatic carbocycles. The molecule has 0 N–H and O–H groups in total. The third kappa shape index (κ3) is 61.4. The molecular weight excluding hydrogens is 961 g/mol. The first-order chi connectivity index (χ1) is 38.5. The van der Waals surface area contributed by atoms with Crippen molar-refractivity contribution in [1.82, 2.24) is 0 Å². The maximum absolute atomic E-state index is 12.8. The monoisotopic (exact) mass is 1070 g/mol. The van der Waals surface area contributed by atoms with Gasteiger partial charge >= 0.3 is 17.9 Å². The molecule has 1 unspecified atom stereocenters. The molecule has 0 rings (SSSR count). The van der Waals surface area contributed by atoms with Gasteiger partial charge in [-0.05, 0) is 135 Å². The molecule has 0 amide bonds. The first kappa shape index (κ1) is 72.5. The van der Waals surface area contributed by atoms with Gasteiger partial charge in [-0.25, -0.2) is 0 Å². The highest BCUT2D eigenvalue weighted by Gasteiger charge is 2.19. The predicted octanol–water partition coefficient (Wildman–Crippen LogP) is 21.3. The van der Waals surface area contributed by atoms with Gasteiger partial charge in [0, 0.05) is 12.8 Å². The first-order valence-electron chi connectivity index (χ1n) is 30.8. The highest BCUT2D eigenvalue weighted by Crippen LogP contribution is 2.13. The molecule has 1 atom stereocenters. The second-order valence-electron chi connectivity index (χ2n) is 19.5. The quantitative estimate of drug-likeness (QED) is 0.0261. The van der Waals surface area contributed by atoms with Crippen LogP contribution in [-0.4, -0.2) is 37.2 Å². The van der Waals surface area contributed by atoms with Crippen LogP contribution in [0.25, 0.3) is 0 Å². The number of allylic oxidation sites excluding steroid dienone is 29. The standard InChI is InChI=1S/C72H110O6/c1-4-7-10-13-16-19-22-24-26-27-28-29-30-31-32-33-34-35-36-37-38-39-40-41-42-43-44-45-47-48-50-53-56-59-62-65-71(74)77-68-69(67-76-70(73)64-61-58-55-52-21-18-15-12-9-6-3)78-72(75)66-63-60-57-54-51-49-46-25-23-20-17-14-11-8-5-2/h7-8,10-12,15-17,19-20,24-26,28-29,31-32,34-35,37-38,40-41,43-44,46,51,54,60,63,69H,4-6,9,13-14,18,21-23,27,30,33,36,39,42,45,47-50,52-53,55-59,61-62,64-68H2,1-3H3/b10-7-,11-8-,15-12-,19-16-,20-17-,26-24-,29-28-,32-31-,35-34-,38-37-,41-40-,44-43-,46-25-,54-51-,63-60-. The molecule has 0 aromatic heterocycles. The van der Waals surface area contributed by atoms with Crippen LogP contribution in [0.15, 0.2) is 182 Å². The number of hydrogen-bond acceptors (Lipinski definition) is 6. The Labute approximate surface area is 478 Å². The van der Waals surface area contributed by atoms with E-state index < -0.39 is 12.1 Å². The first-order valence-corrected chi connectivity index (χ1v) is 30.8. The maximum atomic E-state index is 12.8. The van der Waals surface area contributed by atoms with Crippen LogP contribution in [0.5, 0.6) is 0 Å². The normalized spacial score (nSPS) is 13.4. The van der Waals surface area contributed by atoms with Crippen LogP contribution < -0.4 is 0 Å². The van der Waals surface area contributed by atoms with E-state index in [4.69, 9.17) is 14.2 Å². The van der Waals surface area contributed by atoms with E-state index in [1.54, 1.807) is 6.08 Å². The summed E-state index contributed by atoms with van der Waals surface area (Å²) in [5, 5.41) is 0. The lowest BCUT2D eigenvalue weighted by Crippen LogP contribution is -2.30. The van der Waals surface area contributed by atoms with Crippen molar-refractivity contribution >= 4 is 17.9 Å². The lowest BCUT2D eigenvalue weighted by Gasteiger charge is -2.18. The highest BCUT2D eigenvalue weighted by molar-refractivity contribution is 5.72. The molecule has 0 aromatic rings. The molecule has 0 heterocycles. The van der Waals surface area contributed by atoms with E-state index >= 15 is 0 Å². The van der Waals surface area contributed by atoms with E-state index in [9.17, 15) is 14.4 Å². The Bertz CT molecular complexity index is 1850. The number of unbranched alkanes of at least 4 members (excludes halogenated alkanes) is 13. The average Bonchev–Trinajstić information content (AvgIpc) is 3.44. The molecule has 0 radical (unpaired) electrons. The molecule has 0 saturated carbocycles. The van der Waals surface area contributed by atoms with Crippen molar-refractivity contribution in [3.8, 4) is 0 Å². The van der Waals surface area contributed by atoms with Crippen molar-refractivity contribution in [3.05, 3.63) is 182 Å². The van der Waals surface area contributed by atoms with Gasteiger partial charge in [0.1, 0.15) is 13.2 Å². The molecule has 78 heavy (non-hydrogen) atoms. The molecule has 0 aliphatic rings. The minimum atomic E-state index is -0.849. The second-order valence-corrected chi connectivity index (χ2v) is 19.5. The Morgan fingerprint density at radius 1 is 0.282 bits per heavy atom. The second kappa shape index (κ2) is 64.0. The third-order valence-electron chi connectivity index (χ3n) is 12.1. The van der Waals surface area contributed by atoms with E-state index in [0.717, 1.165) is 154 Å². The molecule has 0 spiro atoms. The third-order valence-corrected chi connectivity index (χ3v) is 12.1. The molecule has 6 nitrogen and oxygen atoms in total. The van der Waals surface area contributed by atoms with Crippen LogP contribution in [0.1, 0.15) is 233 Å². The number of rotatable bonds is 53. The summed E-state index contributed by atoms with van der Waals surface area (Å²) in [6.07, 6.45) is 96.5. The van der Waals surface area contributed by atoms with Crippen LogP contribution in [0.2, 0.25) is 0 Å². The number of ether oxygens (including phenoxy) is 3. The summed E-state index contributed by atoms with van der Waals surface area (Å²) >= 11 is 0. The molecular formula is C72H110O6. The van der Waals surface area contributed by atoms with Gasteiger partial charge in [0.15, 0.2) is 6.10 Å². The highest BCUT2D eigenvalue weighted by atomic mass is 16.6. The maximum Gasteiger partial charge on any atom is 0.310 e. The van der Waals surface area contributed by atoms with Gasteiger partial charge in [-0.1, -0.05) is 261 Å². The Kier molecular flexibility index (Phi) is 59.5. The number of hydrogen-bond donors (Lipinski definition) is 0. The van der Waals surface area contributed by atoms with Gasteiger partial charge in [-0.3, -0.25) is 14.4 Å². The van der Waals surface area contributed by atoms with Crippen LogP contribution in [0.4, 0.5) is 0 Å². The van der Waals surface area contributed by atoms with Crippen molar-refractivity contribution < 1.29 is 28.6 Å². The van der Waals surface area contributed by atoms with Crippen molar-refractivity contribution in [3.63, 3.8) is 0 Å². The van der Waals surface area contributed by atoms with E-state index in [1.165, 1.54) is 32.1 Å². The summed E-state index contributed by atoms with van der Waals surface area (Å²) in [4.78, 5) is 38.0. The zero-order valence-corrected chi connectivity index (χ0v) is 49.6. The molecule has 0 fully saturated rings. The van der Waals surface area contributed by atoms with Crippen LogP contribution in [0.3, 0.4) is 0 Å². The van der Waals surface area contributed by atoms with Gasteiger partial charge in [0.2, 0.25) is 0 Å². The van der Waals surface area contributed by atoms with Gasteiger partial charge in [0.25, 0.3) is 0 Å². The predicted molar refractivity (Wildman–Crippen MR) is 338 cm³/mol. The fourth-order valence-corrected chi connectivity index (χ4v) is 7.63. The molecule has 6 heteroatoms. The Morgan fingerprint density at radius 3 is 0.859 bits per heavy atom. The lowest BCUT2D eigenvalue weighted by molar-refractivity contribution is -0.166. The molecule has 0 aromatic carbocycles. The van der Waals surface area contributed by atoms with Crippen LogP contribution >= 0.6 is 0 Å². The summed E-state index contributed by atoms with van der Waals surface area (Å²) in [5.41, 5.74) is 0. The number of carbonyl (C=O) groups is 3. The molecule has 434 valence electrons. The summed E-state index contributed by atoms with van der Waals surface area (Å²) in [6.45, 7) is 6.22. The summed E-state index contributed by atoms with van der Waals surface area (Å²) in [7, 11) is 0. The van der Waals surface area contributed by atoms with Crippen molar-refractivity contribution in [2.24, 2.45) is 0 Å². The van der Waals surface area contributed by atoms with Gasteiger partial charge in [0.05, 0.1) is 6.42 Å². The average molecular weight is 1070 g/mol. The van der Waals surface area contributed by atoms with Crippen molar-refractivity contribution in [1.29, 1.82) is 0 Å². The smallest absolute Gasteiger partial charge is 0.310 e. The van der Waals surface area contributed by atoms with Gasteiger partial charge in [-0.2, -0.15) is 0 Å². The SMILES string of the molecule is CC/C=C\C/C=C\C/C=C\C/C=C\C/C=C\C/C=C\C/C=C\C/C=C\C/C=C\CCCCCCCCCC(=O)OCC(COC(=O)CCCCCCC/C=C\CCC)OC(=O)C/C=C\C/C=C\C/C=C\C/C=C\C/C=C\CC. The zero-order valence-electron chi connectivity index (χ0n) is 49.6. The van der Waals surface area contributed by atoms with E-state index in [2.05, 4.69) is 191 Å². The van der Waals surface area contributed by atoms with Gasteiger partial charge < -0.3 is 14.2 Å². The molecule has 0 bridgehead atoms. The van der Waals surface area contributed by atoms with E-state index in [1.807, 2.05) is 6.08 Å². The van der Waals surface area contributed by atoms with Crippen molar-refractivity contribution in [2.75, 3.05) is 13.2 Å². The minimum absolute atomic E-state index is 0.0842. The summed E-state index contributed by atoms with van der Waals surface area (Å²) in [5.74, 6) is -1.10. The summed E-state index contributed by atoms with van der Waals surface area (Å²) in [6, 6.07) is 0. The van der Waals surface area contributed by atoms with Gasteiger partial charge in [-0.15, -0.1) is 0 Å². The molecule has 0 aliphatic heterocycles. The molecule has 0 saturated heterocycles. The van der Waals surface area contributed by atoms with E-state index in [0.29, 0.717) is 19.3 Å². The fraction of sp³-hybridized carbons (Fsp3) is 0.542. The Balaban J connectivity index is 4.30. The van der Waals surface area contributed by atoms with Crippen molar-refractivity contribution in [2.45, 2.75) is 239 Å². The lowest BCUT2D eigenvalue weighted by atomic mass is 10.1. The largest absolute Gasteiger partial charge is 0.462 e. The number of carbonyl (C=O) groups excluding carboxylic acids is 3. The zero-order chi connectivity index (χ0) is 56.4. The Morgan fingerprint density at radius 2 is 0.538 bits per heavy atom. The fourth-order valence-electron chi connectivity index (χ4n) is 7.63. The number of esters is 3. The topological polar surface area (TPSA) is 78.9 Å². The summed E-state index contributed by atoms with van der Waals surface area (Å²) < 4.78 is 16.7. The van der Waals surface area contributed by atoms with Crippen LogP contribution in [0, 0.1) is 0 Å². The van der Waals surface area contributed by atoms with E-state index in [-0.39, 0.29) is 31.6 Å². The minimum Gasteiger partial charge on any atom is -0.462 e. The van der Waals surface area contributed by atoms with Crippen LogP contribution in [-0.2, 0) is 28.6 Å².